The molecule has 4 aromatic rings. The normalized spacial score (nSPS) is 10.8. The fraction of sp³-hybridized carbons (Fsp3) is 0.125. The number of carbonyl (C=O) groups excluding carboxylic acids is 1. The zero-order valence-electron chi connectivity index (χ0n) is 17.2. The molecule has 0 saturated heterocycles. The van der Waals surface area contributed by atoms with E-state index in [-0.39, 0.29) is 11.5 Å². The molecule has 0 saturated carbocycles. The van der Waals surface area contributed by atoms with Gasteiger partial charge in [-0.25, -0.2) is 9.07 Å². The number of halogens is 1. The molecule has 4 rings (SSSR count). The Morgan fingerprint density at radius 1 is 1.00 bits per heavy atom. The van der Waals surface area contributed by atoms with Gasteiger partial charge < -0.3 is 4.90 Å². The van der Waals surface area contributed by atoms with Crippen LogP contribution in [0, 0.1) is 12.7 Å². The van der Waals surface area contributed by atoms with E-state index in [4.69, 9.17) is 0 Å². The quantitative estimate of drug-likeness (QED) is 0.498. The second-order valence-electron chi connectivity index (χ2n) is 7.30. The lowest BCUT2D eigenvalue weighted by molar-refractivity contribution is 0.0782. The van der Waals surface area contributed by atoms with Crippen LogP contribution < -0.4 is 5.56 Å². The molecule has 2 aromatic heterocycles. The number of rotatable bonds is 5. The van der Waals surface area contributed by atoms with Crippen molar-refractivity contribution in [1.29, 1.82) is 0 Å². The minimum absolute atomic E-state index is 0.0995. The van der Waals surface area contributed by atoms with Crippen molar-refractivity contribution in [2.24, 2.45) is 0 Å². The molecule has 0 N–H and O–H groups in total. The van der Waals surface area contributed by atoms with Crippen LogP contribution in [0.3, 0.4) is 0 Å². The lowest BCUT2D eigenvalue weighted by Crippen LogP contribution is -2.34. The highest BCUT2D eigenvalue weighted by atomic mass is 19.1. The van der Waals surface area contributed by atoms with E-state index in [9.17, 15) is 14.0 Å². The number of aryl methyl sites for hydroxylation is 1. The van der Waals surface area contributed by atoms with E-state index in [2.05, 4.69) is 5.10 Å². The average molecular weight is 416 g/mol. The SMILES string of the molecule is Cc1ccn(-c2ccc(F)cc2)c(=O)c1C(=O)N(C)Cc1ccc(-n2cccn2)cc1. The first-order chi connectivity index (χ1) is 14.9. The summed E-state index contributed by atoms with van der Waals surface area (Å²) in [6.07, 6.45) is 5.16. The lowest BCUT2D eigenvalue weighted by Gasteiger charge is -2.19. The van der Waals surface area contributed by atoms with Crippen LogP contribution >= 0.6 is 0 Å². The van der Waals surface area contributed by atoms with Crippen molar-refractivity contribution in [3.63, 3.8) is 0 Å². The second-order valence-corrected chi connectivity index (χ2v) is 7.30. The fourth-order valence-corrected chi connectivity index (χ4v) is 3.40. The topological polar surface area (TPSA) is 60.1 Å². The highest BCUT2D eigenvalue weighted by Gasteiger charge is 2.20. The van der Waals surface area contributed by atoms with Crippen LogP contribution in [0.25, 0.3) is 11.4 Å². The van der Waals surface area contributed by atoms with Crippen molar-refractivity contribution in [1.82, 2.24) is 19.2 Å². The molecule has 156 valence electrons. The number of hydrogen-bond donors (Lipinski definition) is 0. The van der Waals surface area contributed by atoms with E-state index in [0.717, 1.165) is 11.3 Å². The van der Waals surface area contributed by atoms with Gasteiger partial charge in [-0.15, -0.1) is 0 Å². The summed E-state index contributed by atoms with van der Waals surface area (Å²) in [5.74, 6) is -0.756. The zero-order valence-corrected chi connectivity index (χ0v) is 17.2. The second kappa shape index (κ2) is 8.39. The van der Waals surface area contributed by atoms with Gasteiger partial charge >= 0.3 is 0 Å². The van der Waals surface area contributed by atoms with E-state index in [1.165, 1.54) is 33.7 Å². The Labute approximate surface area is 178 Å². The average Bonchev–Trinajstić information content (AvgIpc) is 3.30. The Bertz CT molecular complexity index is 1260. The molecular formula is C24H21FN4O2. The largest absolute Gasteiger partial charge is 0.337 e. The van der Waals surface area contributed by atoms with Gasteiger partial charge in [0.1, 0.15) is 11.4 Å². The van der Waals surface area contributed by atoms with E-state index >= 15 is 0 Å². The number of carbonyl (C=O) groups is 1. The Morgan fingerprint density at radius 3 is 2.32 bits per heavy atom. The van der Waals surface area contributed by atoms with Gasteiger partial charge in [0.25, 0.3) is 11.5 Å². The van der Waals surface area contributed by atoms with Crippen LogP contribution in [0.5, 0.6) is 0 Å². The minimum Gasteiger partial charge on any atom is -0.337 e. The maximum absolute atomic E-state index is 13.2. The van der Waals surface area contributed by atoms with Gasteiger partial charge in [0.15, 0.2) is 0 Å². The molecule has 0 fully saturated rings. The van der Waals surface area contributed by atoms with Gasteiger partial charge in [0.2, 0.25) is 0 Å². The number of hydrogen-bond acceptors (Lipinski definition) is 3. The van der Waals surface area contributed by atoms with Gasteiger partial charge in [-0.1, -0.05) is 12.1 Å². The molecule has 0 aliphatic carbocycles. The standard InChI is InChI=1S/C24H21FN4O2/c1-17-12-15-28(20-10-6-19(25)7-11-20)24(31)22(17)23(30)27(2)16-18-4-8-21(9-5-18)29-14-3-13-26-29/h3-15H,16H2,1-2H3. The third kappa shape index (κ3) is 4.16. The zero-order chi connectivity index (χ0) is 22.0. The summed E-state index contributed by atoms with van der Waals surface area (Å²) in [5.41, 5.74) is 2.61. The van der Waals surface area contributed by atoms with E-state index in [0.29, 0.717) is 17.8 Å². The third-order valence-corrected chi connectivity index (χ3v) is 5.09. The number of pyridine rings is 1. The molecule has 0 unspecified atom stereocenters. The molecule has 0 atom stereocenters. The molecule has 0 bridgehead atoms. The summed E-state index contributed by atoms with van der Waals surface area (Å²) < 4.78 is 16.3. The number of aromatic nitrogens is 3. The molecule has 2 heterocycles. The number of nitrogens with zero attached hydrogens (tertiary/aromatic N) is 4. The molecule has 1 amide bonds. The number of benzene rings is 2. The van der Waals surface area contributed by atoms with Crippen LogP contribution in [0.15, 0.2) is 84.0 Å². The van der Waals surface area contributed by atoms with E-state index in [1.807, 2.05) is 36.5 Å². The van der Waals surface area contributed by atoms with Crippen LogP contribution in [-0.4, -0.2) is 32.2 Å². The van der Waals surface area contributed by atoms with Gasteiger partial charge in [0, 0.05) is 37.9 Å². The van der Waals surface area contributed by atoms with Crippen molar-refractivity contribution < 1.29 is 9.18 Å². The van der Waals surface area contributed by atoms with Crippen LogP contribution in [0.1, 0.15) is 21.5 Å². The maximum atomic E-state index is 13.2. The molecule has 0 radical (unpaired) electrons. The first kappa shape index (κ1) is 20.3. The third-order valence-electron chi connectivity index (χ3n) is 5.09. The lowest BCUT2D eigenvalue weighted by atomic mass is 10.1. The first-order valence-electron chi connectivity index (χ1n) is 9.76. The summed E-state index contributed by atoms with van der Waals surface area (Å²) in [6.45, 7) is 2.08. The van der Waals surface area contributed by atoms with Gasteiger partial charge in [0.05, 0.1) is 5.69 Å². The van der Waals surface area contributed by atoms with E-state index < -0.39 is 11.4 Å². The number of amides is 1. The molecule has 0 spiro atoms. The van der Waals surface area contributed by atoms with Crippen molar-refractivity contribution in [2.75, 3.05) is 7.05 Å². The Kier molecular flexibility index (Phi) is 5.49. The minimum atomic E-state index is -0.433. The molecule has 31 heavy (non-hydrogen) atoms. The van der Waals surface area contributed by atoms with Crippen LogP contribution in [-0.2, 0) is 6.54 Å². The predicted octanol–water partition coefficient (Wildman–Crippen LogP) is 3.74. The molecule has 7 heteroatoms. The molecule has 6 nitrogen and oxygen atoms in total. The highest BCUT2D eigenvalue weighted by molar-refractivity contribution is 5.95. The summed E-state index contributed by atoms with van der Waals surface area (Å²) >= 11 is 0. The van der Waals surface area contributed by atoms with Gasteiger partial charge in [-0.05, 0) is 66.6 Å². The summed E-state index contributed by atoms with van der Waals surface area (Å²) in [5, 5.41) is 4.20. The highest BCUT2D eigenvalue weighted by Crippen LogP contribution is 2.14. The van der Waals surface area contributed by atoms with Crippen molar-refractivity contribution in [3.05, 3.63) is 112 Å². The first-order valence-corrected chi connectivity index (χ1v) is 9.76. The van der Waals surface area contributed by atoms with Crippen molar-refractivity contribution in [3.8, 4) is 11.4 Å². The monoisotopic (exact) mass is 416 g/mol. The van der Waals surface area contributed by atoms with Crippen molar-refractivity contribution >= 4 is 5.91 Å². The Balaban J connectivity index is 1.58. The maximum Gasteiger partial charge on any atom is 0.268 e. The molecule has 0 aliphatic heterocycles. The van der Waals surface area contributed by atoms with Crippen LogP contribution in [0.2, 0.25) is 0 Å². The van der Waals surface area contributed by atoms with Gasteiger partial charge in [-0.3, -0.25) is 14.2 Å². The van der Waals surface area contributed by atoms with Gasteiger partial charge in [-0.2, -0.15) is 5.10 Å². The summed E-state index contributed by atoms with van der Waals surface area (Å²) in [4.78, 5) is 27.7. The smallest absolute Gasteiger partial charge is 0.268 e. The van der Waals surface area contributed by atoms with Crippen LogP contribution in [0.4, 0.5) is 4.39 Å². The fourth-order valence-electron chi connectivity index (χ4n) is 3.40. The predicted molar refractivity (Wildman–Crippen MR) is 116 cm³/mol. The summed E-state index contributed by atoms with van der Waals surface area (Å²) in [7, 11) is 1.66. The molecule has 2 aromatic carbocycles. The Hall–Kier alpha value is -4.00. The van der Waals surface area contributed by atoms with Crippen molar-refractivity contribution in [2.45, 2.75) is 13.5 Å². The summed E-state index contributed by atoms with van der Waals surface area (Å²) in [6, 6.07) is 16.8. The van der Waals surface area contributed by atoms with E-state index in [1.54, 1.807) is 37.1 Å². The Morgan fingerprint density at radius 2 is 1.68 bits per heavy atom. The molecular weight excluding hydrogens is 395 g/mol. The molecule has 0 aliphatic rings.